The Balaban J connectivity index is 1.22. The molecule has 12 heteroatoms. The summed E-state index contributed by atoms with van der Waals surface area (Å²) >= 11 is 0. The number of hydrogen-bond acceptors (Lipinski definition) is 7. The second-order valence-corrected chi connectivity index (χ2v) is 9.55. The zero-order valence-corrected chi connectivity index (χ0v) is 21.4. The van der Waals surface area contributed by atoms with Gasteiger partial charge in [-0.05, 0) is 53.6 Å². The molecular formula is C28H26N6O6. The van der Waals surface area contributed by atoms with Crippen LogP contribution in [0.1, 0.15) is 77.3 Å². The fraction of sp³-hybridized carbons (Fsp3) is 0.214. The number of imidazole rings is 1. The zero-order chi connectivity index (χ0) is 28.4. The third-order valence-electron chi connectivity index (χ3n) is 6.97. The quantitative estimate of drug-likeness (QED) is 0.195. The molecule has 0 spiro atoms. The number of nitrogens with zero attached hydrogens (tertiary/aromatic N) is 2. The Hall–Kier alpha value is -5.26. The normalized spacial score (nSPS) is 14.0. The molecule has 2 aromatic carbocycles. The van der Waals surface area contributed by atoms with E-state index in [9.17, 15) is 29.4 Å². The predicted octanol–water partition coefficient (Wildman–Crippen LogP) is 2.14. The topological polar surface area (TPSA) is 190 Å². The molecule has 0 saturated carbocycles. The summed E-state index contributed by atoms with van der Waals surface area (Å²) in [6.07, 6.45) is 2.72. The highest BCUT2D eigenvalue weighted by Crippen LogP contribution is 2.34. The minimum Gasteiger partial charge on any atom is -0.493 e. The molecule has 0 aliphatic heterocycles. The van der Waals surface area contributed by atoms with Crippen LogP contribution in [0.5, 0.6) is 5.88 Å². The molecule has 204 valence electrons. The number of benzene rings is 2. The number of aromatic hydroxyl groups is 1. The van der Waals surface area contributed by atoms with Crippen molar-refractivity contribution < 1.29 is 24.6 Å². The van der Waals surface area contributed by atoms with Crippen molar-refractivity contribution in [2.75, 3.05) is 0 Å². The van der Waals surface area contributed by atoms with Crippen molar-refractivity contribution in [2.45, 2.75) is 38.8 Å². The van der Waals surface area contributed by atoms with Crippen molar-refractivity contribution in [3.8, 4) is 5.88 Å². The highest BCUT2D eigenvalue weighted by molar-refractivity contribution is 5.97. The van der Waals surface area contributed by atoms with Crippen LogP contribution < -0.4 is 16.3 Å². The van der Waals surface area contributed by atoms with E-state index in [0.717, 1.165) is 28.6 Å². The van der Waals surface area contributed by atoms with Crippen LogP contribution in [0.3, 0.4) is 0 Å². The van der Waals surface area contributed by atoms with Gasteiger partial charge in [-0.15, -0.1) is 0 Å². The molecular weight excluding hydrogens is 516 g/mol. The summed E-state index contributed by atoms with van der Waals surface area (Å²) in [6.45, 7) is 1.96. The van der Waals surface area contributed by atoms with E-state index in [2.05, 4.69) is 30.6 Å². The van der Waals surface area contributed by atoms with Crippen LogP contribution in [-0.2, 0) is 19.4 Å². The number of fused-ring (bicyclic) bond motifs is 1. The molecule has 0 fully saturated rings. The standard InChI is InChI=1S/C28H26N6O6/c1-14-17-7-8-20(19(17)6-5-18(14)27(38)39)32-25(36)22-11-21(30-13-31-22)24(35)29-12-16-4-2-3-15(9-16)10-23-26(37)34-28(40)33-23/h2-6,9,11,13,20,37H,7-8,10,12H2,1H3,(H,29,35)(H,32,36)(H,38,39)(H2,33,34,40)/t20-/m0/s1. The number of carboxylic acids is 1. The van der Waals surface area contributed by atoms with Crippen LogP contribution >= 0.6 is 0 Å². The number of aromatic amines is 2. The van der Waals surface area contributed by atoms with E-state index in [0.29, 0.717) is 30.5 Å². The van der Waals surface area contributed by atoms with Crippen LogP contribution in [-0.4, -0.2) is 47.9 Å². The number of nitrogens with one attached hydrogen (secondary N) is 4. The molecule has 1 aliphatic carbocycles. The Morgan fingerprint density at radius 2 is 1.77 bits per heavy atom. The monoisotopic (exact) mass is 542 g/mol. The fourth-order valence-electron chi connectivity index (χ4n) is 4.96. The summed E-state index contributed by atoms with van der Waals surface area (Å²) in [5.74, 6) is -2.15. The molecule has 0 radical (unpaired) electrons. The fourth-order valence-corrected chi connectivity index (χ4v) is 4.96. The van der Waals surface area contributed by atoms with Gasteiger partial charge in [-0.1, -0.05) is 30.3 Å². The van der Waals surface area contributed by atoms with Crippen molar-refractivity contribution in [1.82, 2.24) is 30.6 Å². The van der Waals surface area contributed by atoms with Crippen LogP contribution in [0.2, 0.25) is 0 Å². The highest BCUT2D eigenvalue weighted by Gasteiger charge is 2.28. The van der Waals surface area contributed by atoms with Gasteiger partial charge in [0.15, 0.2) is 0 Å². The smallest absolute Gasteiger partial charge is 0.335 e. The summed E-state index contributed by atoms with van der Waals surface area (Å²) in [5.41, 5.74) is 4.29. The molecule has 12 nitrogen and oxygen atoms in total. The lowest BCUT2D eigenvalue weighted by Gasteiger charge is -2.15. The summed E-state index contributed by atoms with van der Waals surface area (Å²) in [6, 6.07) is 11.6. The van der Waals surface area contributed by atoms with Crippen molar-refractivity contribution in [1.29, 1.82) is 0 Å². The molecule has 2 amide bonds. The number of rotatable bonds is 8. The van der Waals surface area contributed by atoms with E-state index < -0.39 is 23.5 Å². The number of hydrogen-bond donors (Lipinski definition) is 6. The largest absolute Gasteiger partial charge is 0.493 e. The van der Waals surface area contributed by atoms with Gasteiger partial charge in [0.05, 0.1) is 17.3 Å². The Morgan fingerprint density at radius 1 is 1.02 bits per heavy atom. The summed E-state index contributed by atoms with van der Waals surface area (Å²) < 4.78 is 0. The summed E-state index contributed by atoms with van der Waals surface area (Å²) in [5, 5.41) is 24.9. The number of carbonyl (C=O) groups excluding carboxylic acids is 2. The van der Waals surface area contributed by atoms with Gasteiger partial charge in [0, 0.05) is 19.0 Å². The zero-order valence-electron chi connectivity index (χ0n) is 21.4. The number of aromatic carboxylic acids is 1. The van der Waals surface area contributed by atoms with E-state index in [4.69, 9.17) is 0 Å². The second-order valence-electron chi connectivity index (χ2n) is 9.55. The number of H-pyrrole nitrogens is 2. The van der Waals surface area contributed by atoms with E-state index in [1.807, 2.05) is 18.2 Å². The third-order valence-corrected chi connectivity index (χ3v) is 6.97. The first-order chi connectivity index (χ1) is 19.2. The number of amides is 2. The Kier molecular flexibility index (Phi) is 7.15. The summed E-state index contributed by atoms with van der Waals surface area (Å²) in [4.78, 5) is 61.4. The predicted molar refractivity (Wildman–Crippen MR) is 142 cm³/mol. The first-order valence-electron chi connectivity index (χ1n) is 12.5. The number of aromatic nitrogens is 4. The lowest BCUT2D eigenvalue weighted by Crippen LogP contribution is -2.29. The first-order valence-corrected chi connectivity index (χ1v) is 12.5. The lowest BCUT2D eigenvalue weighted by atomic mass is 9.98. The minimum atomic E-state index is -0.984. The van der Waals surface area contributed by atoms with Gasteiger partial charge in [-0.2, -0.15) is 0 Å². The van der Waals surface area contributed by atoms with Gasteiger partial charge < -0.3 is 25.8 Å². The molecule has 40 heavy (non-hydrogen) atoms. The Bertz CT molecular complexity index is 1690. The van der Waals surface area contributed by atoms with E-state index in [1.54, 1.807) is 25.1 Å². The maximum atomic E-state index is 13.0. The van der Waals surface area contributed by atoms with Crippen LogP contribution in [0.15, 0.2) is 53.6 Å². The van der Waals surface area contributed by atoms with Crippen molar-refractivity contribution in [3.05, 3.63) is 110 Å². The molecule has 6 N–H and O–H groups in total. The molecule has 0 unspecified atom stereocenters. The van der Waals surface area contributed by atoms with Crippen LogP contribution in [0.25, 0.3) is 0 Å². The van der Waals surface area contributed by atoms with Gasteiger partial charge in [-0.3, -0.25) is 14.6 Å². The maximum Gasteiger partial charge on any atom is 0.335 e. The Morgan fingerprint density at radius 3 is 2.50 bits per heavy atom. The maximum absolute atomic E-state index is 13.0. The third kappa shape index (κ3) is 5.46. The Labute approximate surface area is 227 Å². The van der Waals surface area contributed by atoms with Crippen molar-refractivity contribution in [3.63, 3.8) is 0 Å². The minimum absolute atomic E-state index is 0.0277. The molecule has 0 bridgehead atoms. The van der Waals surface area contributed by atoms with E-state index in [1.165, 1.54) is 6.07 Å². The van der Waals surface area contributed by atoms with E-state index >= 15 is 0 Å². The number of carbonyl (C=O) groups is 3. The molecule has 2 heterocycles. The molecule has 2 aromatic heterocycles. The molecule has 5 rings (SSSR count). The molecule has 0 saturated heterocycles. The van der Waals surface area contributed by atoms with Crippen molar-refractivity contribution >= 4 is 17.8 Å². The van der Waals surface area contributed by atoms with Gasteiger partial charge in [-0.25, -0.2) is 19.6 Å². The van der Waals surface area contributed by atoms with E-state index in [-0.39, 0.29) is 35.4 Å². The first kappa shape index (κ1) is 26.4. The van der Waals surface area contributed by atoms with Crippen molar-refractivity contribution in [2.24, 2.45) is 0 Å². The highest BCUT2D eigenvalue weighted by atomic mass is 16.4. The lowest BCUT2D eigenvalue weighted by molar-refractivity contribution is 0.0695. The van der Waals surface area contributed by atoms with Gasteiger partial charge >= 0.3 is 11.7 Å². The molecule has 1 atom stereocenters. The molecule has 1 aliphatic rings. The van der Waals surface area contributed by atoms with Crippen LogP contribution in [0.4, 0.5) is 0 Å². The second kappa shape index (κ2) is 10.8. The van der Waals surface area contributed by atoms with Gasteiger partial charge in [0.25, 0.3) is 11.8 Å². The van der Waals surface area contributed by atoms with Crippen LogP contribution in [0, 0.1) is 6.92 Å². The average Bonchev–Trinajstić information content (AvgIpc) is 3.49. The SMILES string of the molecule is Cc1c(C(=O)O)ccc2c1CC[C@@H]2NC(=O)c1cc(C(=O)NCc2cccc(Cc3[nH]c(=O)[nH]c3O)c2)ncn1. The molecule has 4 aromatic rings. The summed E-state index contributed by atoms with van der Waals surface area (Å²) in [7, 11) is 0. The average molecular weight is 543 g/mol. The van der Waals surface area contributed by atoms with Gasteiger partial charge in [0.1, 0.15) is 17.7 Å². The number of carboxylic acid groups (broad SMARTS) is 1. The van der Waals surface area contributed by atoms with Gasteiger partial charge in [0.2, 0.25) is 5.88 Å².